The van der Waals surface area contributed by atoms with Crippen LogP contribution >= 0.6 is 0 Å². The molecule has 26 heavy (non-hydrogen) atoms. The summed E-state index contributed by atoms with van der Waals surface area (Å²) < 4.78 is 0. The van der Waals surface area contributed by atoms with Crippen molar-refractivity contribution in [3.05, 3.63) is 102 Å². The number of anilines is 1. The molecule has 1 atom stereocenters. The van der Waals surface area contributed by atoms with Gasteiger partial charge in [0.05, 0.1) is 11.8 Å². The highest BCUT2D eigenvalue weighted by Crippen LogP contribution is 2.33. The summed E-state index contributed by atoms with van der Waals surface area (Å²) in [4.78, 5) is 12.9. The van der Waals surface area contributed by atoms with E-state index in [9.17, 15) is 4.79 Å². The third kappa shape index (κ3) is 3.35. The van der Waals surface area contributed by atoms with E-state index in [0.29, 0.717) is 6.42 Å². The van der Waals surface area contributed by atoms with Crippen molar-refractivity contribution >= 4 is 17.4 Å². The largest absolute Gasteiger partial charge is 0.342 e. The van der Waals surface area contributed by atoms with Gasteiger partial charge in [0.2, 0.25) is 0 Å². The zero-order valence-corrected chi connectivity index (χ0v) is 14.2. The average molecular weight is 341 g/mol. The topological polar surface area (TPSA) is 44.7 Å². The number of carbonyl (C=O) groups is 1. The maximum absolute atomic E-state index is 12.9. The third-order valence-corrected chi connectivity index (χ3v) is 4.43. The molecule has 0 bridgehead atoms. The molecule has 0 spiro atoms. The lowest BCUT2D eigenvalue weighted by Gasteiger charge is -2.22. The highest BCUT2D eigenvalue weighted by Gasteiger charge is 2.33. The van der Waals surface area contributed by atoms with E-state index in [-0.39, 0.29) is 12.1 Å². The summed E-state index contributed by atoms with van der Waals surface area (Å²) in [5.74, 6) is 0. The van der Waals surface area contributed by atoms with Gasteiger partial charge in [-0.2, -0.15) is 5.10 Å². The molecule has 2 amide bonds. The van der Waals surface area contributed by atoms with Crippen molar-refractivity contribution in [2.24, 2.45) is 5.10 Å². The van der Waals surface area contributed by atoms with Crippen molar-refractivity contribution in [2.75, 3.05) is 5.32 Å². The van der Waals surface area contributed by atoms with Gasteiger partial charge in [-0.1, -0.05) is 78.9 Å². The van der Waals surface area contributed by atoms with Crippen molar-refractivity contribution in [3.63, 3.8) is 0 Å². The first kappa shape index (κ1) is 16.1. The quantitative estimate of drug-likeness (QED) is 0.710. The predicted molar refractivity (Wildman–Crippen MR) is 104 cm³/mol. The smallest absolute Gasteiger partial charge is 0.306 e. The third-order valence-electron chi connectivity index (χ3n) is 4.43. The molecule has 3 aromatic rings. The Hall–Kier alpha value is -3.40. The molecule has 4 nitrogen and oxygen atoms in total. The van der Waals surface area contributed by atoms with Crippen LogP contribution in [0.2, 0.25) is 0 Å². The highest BCUT2D eigenvalue weighted by atomic mass is 16.2. The number of hydrogen-bond acceptors (Lipinski definition) is 2. The van der Waals surface area contributed by atoms with Crippen LogP contribution in [0.1, 0.15) is 23.6 Å². The number of rotatable bonds is 3. The summed E-state index contributed by atoms with van der Waals surface area (Å²) >= 11 is 0. The van der Waals surface area contributed by atoms with Gasteiger partial charge in [0.1, 0.15) is 0 Å². The first-order valence-electron chi connectivity index (χ1n) is 8.64. The summed E-state index contributed by atoms with van der Waals surface area (Å²) in [7, 11) is 0. The van der Waals surface area contributed by atoms with E-state index >= 15 is 0 Å². The molecule has 0 saturated heterocycles. The molecular formula is C22H19N3O. The second-order valence-corrected chi connectivity index (χ2v) is 6.18. The molecule has 4 rings (SSSR count). The highest BCUT2D eigenvalue weighted by molar-refractivity contribution is 6.04. The molecule has 0 fully saturated rings. The summed E-state index contributed by atoms with van der Waals surface area (Å²) in [5.41, 5.74) is 3.80. The number of carbonyl (C=O) groups excluding carboxylic acids is 1. The molecule has 1 heterocycles. The molecular weight excluding hydrogens is 322 g/mol. The maximum Gasteiger partial charge on any atom is 0.342 e. The fraction of sp³-hybridized carbons (Fsp3) is 0.0909. The minimum absolute atomic E-state index is 0.116. The standard InChI is InChI=1S/C22H19N3O/c26-22(23-19-14-8-3-9-15-19)25-21(18-12-6-2-7-13-18)16-20(24-25)17-10-4-1-5-11-17/h1-15,21H,16H2,(H,23,26). The normalized spacial score (nSPS) is 16.2. The van der Waals surface area contributed by atoms with Crippen molar-refractivity contribution < 1.29 is 4.79 Å². The molecule has 1 aliphatic rings. The number of nitrogens with zero attached hydrogens (tertiary/aromatic N) is 2. The molecule has 1 N–H and O–H groups in total. The monoisotopic (exact) mass is 341 g/mol. The van der Waals surface area contributed by atoms with Gasteiger partial charge in [-0.15, -0.1) is 0 Å². The van der Waals surface area contributed by atoms with Crippen molar-refractivity contribution in [3.8, 4) is 0 Å². The van der Waals surface area contributed by atoms with Crippen LogP contribution in [0.5, 0.6) is 0 Å². The zero-order valence-electron chi connectivity index (χ0n) is 14.2. The molecule has 0 aromatic heterocycles. The minimum atomic E-state index is -0.226. The summed E-state index contributed by atoms with van der Waals surface area (Å²) in [6, 6.07) is 29.2. The van der Waals surface area contributed by atoms with Crippen LogP contribution in [-0.4, -0.2) is 16.8 Å². The van der Waals surface area contributed by atoms with Crippen LogP contribution in [0.25, 0.3) is 0 Å². The summed E-state index contributed by atoms with van der Waals surface area (Å²) in [5, 5.41) is 9.15. The van der Waals surface area contributed by atoms with E-state index in [1.54, 1.807) is 5.01 Å². The Morgan fingerprint density at radius 3 is 2.08 bits per heavy atom. The number of nitrogens with one attached hydrogen (secondary N) is 1. The molecule has 1 aliphatic heterocycles. The molecule has 3 aromatic carbocycles. The van der Waals surface area contributed by atoms with Gasteiger partial charge in [0.15, 0.2) is 0 Å². The summed E-state index contributed by atoms with van der Waals surface area (Å²) in [6.45, 7) is 0. The van der Waals surface area contributed by atoms with E-state index in [1.807, 2.05) is 91.0 Å². The minimum Gasteiger partial charge on any atom is -0.306 e. The second kappa shape index (κ2) is 7.23. The van der Waals surface area contributed by atoms with Crippen LogP contribution in [0.15, 0.2) is 96.1 Å². The predicted octanol–water partition coefficient (Wildman–Crippen LogP) is 5.07. The van der Waals surface area contributed by atoms with Crippen molar-refractivity contribution in [2.45, 2.75) is 12.5 Å². The van der Waals surface area contributed by atoms with Crippen molar-refractivity contribution in [1.82, 2.24) is 5.01 Å². The molecule has 128 valence electrons. The first-order chi connectivity index (χ1) is 12.8. The Balaban J connectivity index is 1.65. The number of urea groups is 1. The number of amides is 2. The average Bonchev–Trinajstić information content (AvgIpc) is 3.16. The number of benzene rings is 3. The maximum atomic E-state index is 12.9. The second-order valence-electron chi connectivity index (χ2n) is 6.18. The van der Waals surface area contributed by atoms with Crippen LogP contribution in [0.4, 0.5) is 10.5 Å². The summed E-state index contributed by atoms with van der Waals surface area (Å²) in [6.07, 6.45) is 0.691. The number of hydrogen-bond donors (Lipinski definition) is 1. The van der Waals surface area contributed by atoms with Crippen LogP contribution in [0.3, 0.4) is 0 Å². The van der Waals surface area contributed by atoms with Gasteiger partial charge in [-0.05, 0) is 23.3 Å². The van der Waals surface area contributed by atoms with Gasteiger partial charge in [0, 0.05) is 12.1 Å². The Kier molecular flexibility index (Phi) is 4.48. The van der Waals surface area contributed by atoms with E-state index < -0.39 is 0 Å². The van der Waals surface area contributed by atoms with E-state index in [4.69, 9.17) is 0 Å². The molecule has 0 aliphatic carbocycles. The first-order valence-corrected chi connectivity index (χ1v) is 8.64. The number of hydrazone groups is 1. The lowest BCUT2D eigenvalue weighted by Crippen LogP contribution is -2.31. The van der Waals surface area contributed by atoms with Gasteiger partial charge in [0.25, 0.3) is 0 Å². The van der Waals surface area contributed by atoms with Gasteiger partial charge >= 0.3 is 6.03 Å². The zero-order chi connectivity index (χ0) is 17.8. The van der Waals surface area contributed by atoms with Crippen LogP contribution < -0.4 is 5.32 Å². The van der Waals surface area contributed by atoms with Gasteiger partial charge in [-0.25, -0.2) is 9.80 Å². The van der Waals surface area contributed by atoms with E-state index in [2.05, 4.69) is 10.4 Å². The van der Waals surface area contributed by atoms with Crippen LogP contribution in [0, 0.1) is 0 Å². The van der Waals surface area contributed by atoms with Crippen molar-refractivity contribution in [1.29, 1.82) is 0 Å². The van der Waals surface area contributed by atoms with Gasteiger partial charge < -0.3 is 5.32 Å². The van der Waals surface area contributed by atoms with Crippen LogP contribution in [-0.2, 0) is 0 Å². The Bertz CT molecular complexity index is 908. The van der Waals surface area contributed by atoms with E-state index in [0.717, 1.165) is 22.5 Å². The lowest BCUT2D eigenvalue weighted by molar-refractivity contribution is 0.200. The molecule has 0 radical (unpaired) electrons. The number of para-hydroxylation sites is 1. The fourth-order valence-electron chi connectivity index (χ4n) is 3.14. The molecule has 0 saturated carbocycles. The Morgan fingerprint density at radius 1 is 0.846 bits per heavy atom. The van der Waals surface area contributed by atoms with E-state index in [1.165, 1.54) is 0 Å². The SMILES string of the molecule is O=C(Nc1ccccc1)N1N=C(c2ccccc2)CC1c1ccccc1. The fourth-order valence-corrected chi connectivity index (χ4v) is 3.14. The Morgan fingerprint density at radius 2 is 1.42 bits per heavy atom. The lowest BCUT2D eigenvalue weighted by atomic mass is 9.99. The van der Waals surface area contributed by atoms with Gasteiger partial charge in [-0.3, -0.25) is 0 Å². The molecule has 4 heteroatoms. The Labute approximate surface area is 152 Å². The molecule has 1 unspecified atom stereocenters.